The van der Waals surface area contributed by atoms with Crippen molar-refractivity contribution in [3.63, 3.8) is 0 Å². The van der Waals surface area contributed by atoms with Crippen LogP contribution >= 0.6 is 0 Å². The fourth-order valence-corrected chi connectivity index (χ4v) is 2.05. The summed E-state index contributed by atoms with van der Waals surface area (Å²) in [6.45, 7) is 3.73. The van der Waals surface area contributed by atoms with E-state index in [-0.39, 0.29) is 11.9 Å². The first kappa shape index (κ1) is 10.0. The van der Waals surface area contributed by atoms with E-state index in [1.807, 2.05) is 26.0 Å². The quantitative estimate of drug-likeness (QED) is 0.747. The van der Waals surface area contributed by atoms with E-state index in [0.29, 0.717) is 0 Å². The summed E-state index contributed by atoms with van der Waals surface area (Å²) in [5.41, 5.74) is 3.50. The Morgan fingerprint density at radius 3 is 3.12 bits per heavy atom. The van der Waals surface area contributed by atoms with Crippen LogP contribution in [0.5, 0.6) is 0 Å². The molecule has 3 rings (SSSR count). The van der Waals surface area contributed by atoms with Gasteiger partial charge in [-0.1, -0.05) is 0 Å². The van der Waals surface area contributed by atoms with Crippen LogP contribution in [0.1, 0.15) is 18.7 Å². The zero-order valence-electron chi connectivity index (χ0n) is 9.64. The van der Waals surface area contributed by atoms with Crippen molar-refractivity contribution in [3.05, 3.63) is 30.2 Å². The topological polar surface area (TPSA) is 59.8 Å². The van der Waals surface area contributed by atoms with Crippen LogP contribution in [0.2, 0.25) is 0 Å². The molecule has 0 aliphatic carbocycles. The average Bonchev–Trinajstić information content (AvgIpc) is 2.73. The Morgan fingerprint density at radius 2 is 2.29 bits per heavy atom. The molecule has 0 saturated heterocycles. The van der Waals surface area contributed by atoms with Crippen LogP contribution in [-0.2, 0) is 4.79 Å². The van der Waals surface area contributed by atoms with E-state index in [1.165, 1.54) is 0 Å². The van der Waals surface area contributed by atoms with Crippen molar-refractivity contribution in [2.24, 2.45) is 0 Å². The highest BCUT2D eigenvalue weighted by atomic mass is 16.2. The summed E-state index contributed by atoms with van der Waals surface area (Å²) in [4.78, 5) is 16.2. The predicted molar refractivity (Wildman–Crippen MR) is 63.5 cm³/mol. The summed E-state index contributed by atoms with van der Waals surface area (Å²) in [5.74, 6) is -0.0562. The van der Waals surface area contributed by atoms with Gasteiger partial charge < -0.3 is 5.32 Å². The smallest absolute Gasteiger partial charge is 0.248 e. The molecule has 0 radical (unpaired) electrons. The number of pyridine rings is 1. The molecule has 0 saturated carbocycles. The van der Waals surface area contributed by atoms with Crippen LogP contribution in [0.3, 0.4) is 0 Å². The maximum atomic E-state index is 12.0. The number of nitrogens with zero attached hydrogens (tertiary/aromatic N) is 3. The van der Waals surface area contributed by atoms with Gasteiger partial charge in [-0.15, -0.1) is 0 Å². The number of hydrogen-bond donors (Lipinski definition) is 1. The summed E-state index contributed by atoms with van der Waals surface area (Å²) in [5, 5.41) is 7.10. The molecule has 1 N–H and O–H groups in total. The molecule has 1 aliphatic heterocycles. The number of rotatable bonds is 0. The van der Waals surface area contributed by atoms with Gasteiger partial charge in [-0.2, -0.15) is 5.10 Å². The van der Waals surface area contributed by atoms with Crippen LogP contribution in [0.25, 0.3) is 11.3 Å². The molecule has 86 valence electrons. The number of carbonyl (C=O) groups excluding carboxylic acids is 1. The van der Waals surface area contributed by atoms with Crippen LogP contribution < -0.4 is 5.32 Å². The molecule has 0 fully saturated rings. The van der Waals surface area contributed by atoms with Crippen molar-refractivity contribution in [2.75, 3.05) is 5.32 Å². The second-order valence-electron chi connectivity index (χ2n) is 4.20. The van der Waals surface area contributed by atoms with Gasteiger partial charge in [0, 0.05) is 23.7 Å². The first-order chi connectivity index (χ1) is 8.16. The maximum Gasteiger partial charge on any atom is 0.248 e. The van der Waals surface area contributed by atoms with Crippen molar-refractivity contribution in [2.45, 2.75) is 19.9 Å². The second-order valence-corrected chi connectivity index (χ2v) is 4.20. The summed E-state index contributed by atoms with van der Waals surface area (Å²) in [7, 11) is 0. The number of fused-ring (bicyclic) bond motifs is 3. The minimum Gasteiger partial charge on any atom is -0.323 e. The minimum atomic E-state index is -0.312. The Bertz CT molecular complexity index is 602. The minimum absolute atomic E-state index is 0.0562. The van der Waals surface area contributed by atoms with E-state index < -0.39 is 0 Å². The molecule has 2 aromatic rings. The molecule has 1 unspecified atom stereocenters. The van der Waals surface area contributed by atoms with Gasteiger partial charge in [-0.25, -0.2) is 0 Å². The van der Waals surface area contributed by atoms with Gasteiger partial charge in [-0.05, 0) is 26.0 Å². The van der Waals surface area contributed by atoms with Gasteiger partial charge in [0.25, 0.3) is 0 Å². The van der Waals surface area contributed by atoms with Crippen LogP contribution in [0, 0.1) is 6.92 Å². The van der Waals surface area contributed by atoms with Crippen LogP contribution in [0.4, 0.5) is 5.69 Å². The fourth-order valence-electron chi connectivity index (χ4n) is 2.05. The fraction of sp³-hybridized carbons (Fsp3) is 0.250. The summed E-state index contributed by atoms with van der Waals surface area (Å²) in [6, 6.07) is 3.46. The van der Waals surface area contributed by atoms with Crippen LogP contribution in [-0.4, -0.2) is 20.7 Å². The second kappa shape index (κ2) is 3.41. The van der Waals surface area contributed by atoms with Crippen molar-refractivity contribution < 1.29 is 4.79 Å². The van der Waals surface area contributed by atoms with Gasteiger partial charge in [-0.3, -0.25) is 14.5 Å². The predicted octanol–water partition coefficient (Wildman–Crippen LogP) is 1.77. The molecular weight excluding hydrogens is 216 g/mol. The Hall–Kier alpha value is -2.17. The zero-order chi connectivity index (χ0) is 12.0. The van der Waals surface area contributed by atoms with E-state index in [9.17, 15) is 4.79 Å². The Balaban J connectivity index is 2.29. The first-order valence-corrected chi connectivity index (χ1v) is 5.48. The zero-order valence-corrected chi connectivity index (χ0v) is 9.64. The van der Waals surface area contributed by atoms with E-state index in [0.717, 1.165) is 22.6 Å². The van der Waals surface area contributed by atoms with E-state index in [4.69, 9.17) is 0 Å². The molecule has 5 nitrogen and oxygen atoms in total. The van der Waals surface area contributed by atoms with Crippen LogP contribution in [0.15, 0.2) is 24.5 Å². The molecule has 1 aliphatic rings. The van der Waals surface area contributed by atoms with E-state index in [1.54, 1.807) is 17.1 Å². The molecule has 2 aromatic heterocycles. The number of hydrogen-bond acceptors (Lipinski definition) is 3. The molecule has 0 bridgehead atoms. The Morgan fingerprint density at radius 1 is 1.47 bits per heavy atom. The van der Waals surface area contributed by atoms with Gasteiger partial charge >= 0.3 is 0 Å². The molecular formula is C12H12N4O. The van der Waals surface area contributed by atoms with Gasteiger partial charge in [0.2, 0.25) is 5.91 Å². The van der Waals surface area contributed by atoms with Crippen molar-refractivity contribution in [1.82, 2.24) is 14.8 Å². The van der Waals surface area contributed by atoms with Gasteiger partial charge in [0.1, 0.15) is 6.04 Å². The summed E-state index contributed by atoms with van der Waals surface area (Å²) in [6.07, 6.45) is 3.48. The third-order valence-electron chi connectivity index (χ3n) is 2.99. The highest BCUT2D eigenvalue weighted by Crippen LogP contribution is 2.32. The lowest BCUT2D eigenvalue weighted by molar-refractivity contribution is -0.118. The molecule has 0 aromatic carbocycles. The molecule has 1 atom stereocenters. The number of carbonyl (C=O) groups is 1. The van der Waals surface area contributed by atoms with Crippen molar-refractivity contribution in [1.29, 1.82) is 0 Å². The largest absolute Gasteiger partial charge is 0.323 e. The highest BCUT2D eigenvalue weighted by molar-refractivity contribution is 5.99. The Kier molecular flexibility index (Phi) is 2.01. The normalized spacial score (nSPS) is 18.0. The van der Waals surface area contributed by atoms with Crippen molar-refractivity contribution in [3.8, 4) is 11.3 Å². The molecule has 1 amide bonds. The number of aryl methyl sites for hydroxylation is 1. The highest BCUT2D eigenvalue weighted by Gasteiger charge is 2.25. The SMILES string of the molecule is Cc1cc2c(cn1)-c1ccnn1C(C)C(=O)N2. The molecule has 3 heterocycles. The third kappa shape index (κ3) is 1.43. The van der Waals surface area contributed by atoms with Crippen molar-refractivity contribution >= 4 is 11.6 Å². The molecule has 17 heavy (non-hydrogen) atoms. The number of amides is 1. The Labute approximate surface area is 98.5 Å². The first-order valence-electron chi connectivity index (χ1n) is 5.48. The third-order valence-corrected chi connectivity index (χ3v) is 2.99. The van der Waals surface area contributed by atoms with Gasteiger partial charge in [0.15, 0.2) is 0 Å². The maximum absolute atomic E-state index is 12.0. The monoisotopic (exact) mass is 228 g/mol. The van der Waals surface area contributed by atoms with E-state index in [2.05, 4.69) is 15.4 Å². The number of nitrogens with one attached hydrogen (secondary N) is 1. The molecule has 5 heteroatoms. The number of anilines is 1. The lowest BCUT2D eigenvalue weighted by atomic mass is 10.1. The average molecular weight is 228 g/mol. The van der Waals surface area contributed by atoms with Gasteiger partial charge in [0.05, 0.1) is 11.4 Å². The van der Waals surface area contributed by atoms with E-state index >= 15 is 0 Å². The standard InChI is InChI=1S/C12H12N4O/c1-7-5-10-9(6-13-7)11-3-4-14-16(11)8(2)12(17)15-10/h3-6,8H,1-2H3,(H,15,17). The summed E-state index contributed by atoms with van der Waals surface area (Å²) < 4.78 is 1.72. The lowest BCUT2D eigenvalue weighted by Gasteiger charge is -2.09. The molecule has 0 spiro atoms. The number of aromatic nitrogens is 3. The lowest BCUT2D eigenvalue weighted by Crippen LogP contribution is -2.22. The summed E-state index contributed by atoms with van der Waals surface area (Å²) >= 11 is 0.